The topological polar surface area (TPSA) is 107 Å². The van der Waals surface area contributed by atoms with Crippen LogP contribution in [0.2, 0.25) is 0 Å². The highest BCUT2D eigenvalue weighted by Crippen LogP contribution is 2.05. The van der Waals surface area contributed by atoms with E-state index in [-0.39, 0.29) is 12.8 Å². The van der Waals surface area contributed by atoms with Gasteiger partial charge in [0.25, 0.3) is 0 Å². The maximum absolute atomic E-state index is 10.2. The van der Waals surface area contributed by atoms with Crippen LogP contribution < -0.4 is 0 Å². The summed E-state index contributed by atoms with van der Waals surface area (Å²) in [4.78, 5) is 20.4. The molecule has 0 radical (unpaired) electrons. The number of carbonyl (C=O) groups is 2. The molecule has 0 unspecified atom stereocenters. The summed E-state index contributed by atoms with van der Waals surface area (Å²) in [5, 5.41) is 28.3. The Morgan fingerprint density at radius 3 is 1.53 bits per heavy atom. The predicted octanol–water partition coefficient (Wildman–Crippen LogP) is 1.33. The number of aliphatic carboxylic acids is 2. The van der Waals surface area contributed by atoms with Crippen molar-refractivity contribution >= 4 is 17.7 Å². The van der Waals surface area contributed by atoms with Gasteiger partial charge in [0.05, 0.1) is 5.71 Å². The average molecular weight is 217 g/mol. The molecule has 86 valence electrons. The third-order valence-electron chi connectivity index (χ3n) is 1.85. The second-order valence-corrected chi connectivity index (χ2v) is 3.16. The minimum atomic E-state index is -0.891. The van der Waals surface area contributed by atoms with E-state index in [0.717, 1.165) is 0 Å². The Bertz CT molecular complexity index is 227. The van der Waals surface area contributed by atoms with Gasteiger partial charge in [-0.15, -0.1) is 0 Å². The molecule has 0 aromatic heterocycles. The normalized spacial score (nSPS) is 9.60. The highest BCUT2D eigenvalue weighted by molar-refractivity contribution is 5.84. The van der Waals surface area contributed by atoms with Crippen LogP contribution in [0.15, 0.2) is 5.16 Å². The van der Waals surface area contributed by atoms with Gasteiger partial charge in [0.2, 0.25) is 0 Å². The van der Waals surface area contributed by atoms with E-state index < -0.39 is 11.9 Å². The molecule has 0 saturated heterocycles. The van der Waals surface area contributed by atoms with Gasteiger partial charge in [0.1, 0.15) is 0 Å². The van der Waals surface area contributed by atoms with Crippen LogP contribution in [0.3, 0.4) is 0 Å². The summed E-state index contributed by atoms with van der Waals surface area (Å²) in [6.07, 6.45) is 1.64. The lowest BCUT2D eigenvalue weighted by atomic mass is 10.1. The minimum Gasteiger partial charge on any atom is -0.481 e. The van der Waals surface area contributed by atoms with Crippen LogP contribution in [0.25, 0.3) is 0 Å². The standard InChI is InChI=1S/C9H15NO5/c11-8(12)5-1-3-7(10-15)4-2-6-9(13)14/h15H,1-6H2,(H,11,12)(H,13,14). The molecule has 0 spiro atoms. The lowest BCUT2D eigenvalue weighted by molar-refractivity contribution is -0.138. The van der Waals surface area contributed by atoms with E-state index in [1.54, 1.807) is 0 Å². The fourth-order valence-corrected chi connectivity index (χ4v) is 1.11. The smallest absolute Gasteiger partial charge is 0.303 e. The van der Waals surface area contributed by atoms with Crippen molar-refractivity contribution in [3.63, 3.8) is 0 Å². The molecule has 6 nitrogen and oxygen atoms in total. The van der Waals surface area contributed by atoms with Gasteiger partial charge < -0.3 is 15.4 Å². The zero-order chi connectivity index (χ0) is 11.7. The van der Waals surface area contributed by atoms with E-state index in [1.807, 2.05) is 0 Å². The monoisotopic (exact) mass is 217 g/mol. The molecule has 0 fully saturated rings. The van der Waals surface area contributed by atoms with E-state index in [2.05, 4.69) is 5.16 Å². The Morgan fingerprint density at radius 2 is 1.27 bits per heavy atom. The van der Waals surface area contributed by atoms with Crippen LogP contribution in [0.4, 0.5) is 0 Å². The molecule has 6 heteroatoms. The first-order valence-corrected chi connectivity index (χ1v) is 4.69. The van der Waals surface area contributed by atoms with Crippen LogP contribution in [-0.2, 0) is 9.59 Å². The average Bonchev–Trinajstić information content (AvgIpc) is 2.14. The van der Waals surface area contributed by atoms with E-state index in [1.165, 1.54) is 0 Å². The molecule has 0 aliphatic heterocycles. The summed E-state index contributed by atoms with van der Waals surface area (Å²) >= 11 is 0. The molecule has 0 aromatic rings. The van der Waals surface area contributed by atoms with Gasteiger partial charge in [0, 0.05) is 12.8 Å². The maximum atomic E-state index is 10.2. The van der Waals surface area contributed by atoms with Gasteiger partial charge in [-0.25, -0.2) is 0 Å². The third kappa shape index (κ3) is 8.73. The van der Waals surface area contributed by atoms with Gasteiger partial charge in [-0.3, -0.25) is 9.59 Å². The molecule has 15 heavy (non-hydrogen) atoms. The number of rotatable bonds is 8. The second-order valence-electron chi connectivity index (χ2n) is 3.16. The largest absolute Gasteiger partial charge is 0.481 e. The summed E-state index contributed by atoms with van der Waals surface area (Å²) in [6.45, 7) is 0. The summed E-state index contributed by atoms with van der Waals surface area (Å²) in [6, 6.07) is 0. The van der Waals surface area contributed by atoms with Gasteiger partial charge in [-0.1, -0.05) is 5.16 Å². The molecular formula is C9H15NO5. The van der Waals surface area contributed by atoms with Crippen LogP contribution in [0.1, 0.15) is 38.5 Å². The van der Waals surface area contributed by atoms with Crippen LogP contribution in [-0.4, -0.2) is 33.1 Å². The van der Waals surface area contributed by atoms with E-state index in [9.17, 15) is 9.59 Å². The van der Waals surface area contributed by atoms with E-state index in [0.29, 0.717) is 31.4 Å². The van der Waals surface area contributed by atoms with Gasteiger partial charge in [-0.2, -0.15) is 0 Å². The van der Waals surface area contributed by atoms with Gasteiger partial charge in [0.15, 0.2) is 0 Å². The van der Waals surface area contributed by atoms with Crippen molar-refractivity contribution in [2.24, 2.45) is 5.16 Å². The predicted molar refractivity (Wildman–Crippen MR) is 52.2 cm³/mol. The first-order chi connectivity index (χ1) is 7.06. The van der Waals surface area contributed by atoms with Crippen molar-refractivity contribution in [2.75, 3.05) is 0 Å². The van der Waals surface area contributed by atoms with Crippen molar-refractivity contribution in [1.82, 2.24) is 0 Å². The van der Waals surface area contributed by atoms with Crippen molar-refractivity contribution in [1.29, 1.82) is 0 Å². The summed E-state index contributed by atoms with van der Waals surface area (Å²) in [7, 11) is 0. The van der Waals surface area contributed by atoms with E-state index in [4.69, 9.17) is 15.4 Å². The number of hydrogen-bond donors (Lipinski definition) is 3. The molecule has 0 rings (SSSR count). The zero-order valence-electron chi connectivity index (χ0n) is 8.35. The fraction of sp³-hybridized carbons (Fsp3) is 0.667. The molecule has 3 N–H and O–H groups in total. The van der Waals surface area contributed by atoms with Crippen LogP contribution in [0.5, 0.6) is 0 Å². The lowest BCUT2D eigenvalue weighted by Crippen LogP contribution is -2.03. The first kappa shape index (κ1) is 13.4. The zero-order valence-corrected chi connectivity index (χ0v) is 8.35. The highest BCUT2D eigenvalue weighted by atomic mass is 16.4. The summed E-state index contributed by atoms with van der Waals surface area (Å²) in [5.74, 6) is -1.78. The van der Waals surface area contributed by atoms with Crippen LogP contribution >= 0.6 is 0 Å². The Kier molecular flexibility index (Phi) is 6.96. The molecule has 0 atom stereocenters. The van der Waals surface area contributed by atoms with Crippen LogP contribution in [0, 0.1) is 0 Å². The maximum Gasteiger partial charge on any atom is 0.303 e. The molecule has 0 bridgehead atoms. The number of carboxylic acid groups (broad SMARTS) is 2. The third-order valence-corrected chi connectivity index (χ3v) is 1.85. The van der Waals surface area contributed by atoms with Crippen molar-refractivity contribution in [3.8, 4) is 0 Å². The molecule has 0 aromatic carbocycles. The number of oxime groups is 1. The Labute approximate surface area is 87.2 Å². The summed E-state index contributed by atoms with van der Waals surface area (Å²) in [5.41, 5.74) is 0.456. The fourth-order valence-electron chi connectivity index (χ4n) is 1.11. The molecule has 0 aliphatic carbocycles. The second kappa shape index (κ2) is 7.78. The van der Waals surface area contributed by atoms with Crippen molar-refractivity contribution in [2.45, 2.75) is 38.5 Å². The SMILES string of the molecule is O=C(O)CCCC(CCCC(=O)O)=NO. The van der Waals surface area contributed by atoms with E-state index >= 15 is 0 Å². The molecule has 0 aliphatic rings. The molecular weight excluding hydrogens is 202 g/mol. The lowest BCUT2D eigenvalue weighted by Gasteiger charge is -2.01. The van der Waals surface area contributed by atoms with Gasteiger partial charge in [-0.05, 0) is 25.7 Å². The minimum absolute atomic E-state index is 0.0257. The number of hydrogen-bond acceptors (Lipinski definition) is 4. The first-order valence-electron chi connectivity index (χ1n) is 4.69. The molecule has 0 heterocycles. The highest BCUT2D eigenvalue weighted by Gasteiger charge is 2.04. The quantitative estimate of drug-likeness (QED) is 0.323. The Morgan fingerprint density at radius 1 is 0.867 bits per heavy atom. The van der Waals surface area contributed by atoms with Crippen molar-refractivity contribution < 1.29 is 25.0 Å². The summed E-state index contributed by atoms with van der Waals surface area (Å²) < 4.78 is 0. The number of nitrogens with zero attached hydrogens (tertiary/aromatic N) is 1. The van der Waals surface area contributed by atoms with Gasteiger partial charge >= 0.3 is 11.9 Å². The Balaban J connectivity index is 3.65. The Hall–Kier alpha value is -1.59. The number of carboxylic acids is 2. The van der Waals surface area contributed by atoms with Crippen molar-refractivity contribution in [3.05, 3.63) is 0 Å². The molecule has 0 amide bonds. The molecule has 0 saturated carbocycles.